The summed E-state index contributed by atoms with van der Waals surface area (Å²) < 4.78 is 5.36. The second-order valence-corrected chi connectivity index (χ2v) is 7.22. The van der Waals surface area contributed by atoms with Crippen molar-refractivity contribution in [2.24, 2.45) is 0 Å². The number of likely N-dealkylation sites (tertiary alicyclic amines) is 1. The van der Waals surface area contributed by atoms with E-state index in [2.05, 4.69) is 57.3 Å². The zero-order chi connectivity index (χ0) is 16.4. The number of rotatable bonds is 7. The molecule has 0 radical (unpaired) electrons. The highest BCUT2D eigenvalue weighted by Crippen LogP contribution is 2.38. The van der Waals surface area contributed by atoms with E-state index in [0.29, 0.717) is 12.0 Å². The van der Waals surface area contributed by atoms with Crippen LogP contribution in [0.2, 0.25) is 0 Å². The summed E-state index contributed by atoms with van der Waals surface area (Å²) >= 11 is 0. The van der Waals surface area contributed by atoms with Gasteiger partial charge >= 0.3 is 0 Å². The van der Waals surface area contributed by atoms with Crippen molar-refractivity contribution in [2.75, 3.05) is 26.7 Å². The van der Waals surface area contributed by atoms with Gasteiger partial charge < -0.3 is 9.42 Å². The molecule has 2 heterocycles. The van der Waals surface area contributed by atoms with Crippen molar-refractivity contribution in [3.8, 4) is 0 Å². The predicted octanol–water partition coefficient (Wildman–Crippen LogP) is 2.70. The summed E-state index contributed by atoms with van der Waals surface area (Å²) in [6.07, 6.45) is 4.76. The molecule has 1 aliphatic heterocycles. The largest absolute Gasteiger partial charge is 0.339 e. The second kappa shape index (κ2) is 7.03. The molecule has 1 aromatic carbocycles. The Kier molecular flexibility index (Phi) is 4.63. The van der Waals surface area contributed by atoms with E-state index in [-0.39, 0.29) is 0 Å². The molecule has 2 aliphatic rings. The molecule has 5 heteroatoms. The first-order valence-corrected chi connectivity index (χ1v) is 9.07. The van der Waals surface area contributed by atoms with Gasteiger partial charge in [0.25, 0.3) is 0 Å². The lowest BCUT2D eigenvalue weighted by atomic mass is 10.1. The van der Waals surface area contributed by atoms with E-state index >= 15 is 0 Å². The third-order valence-electron chi connectivity index (χ3n) is 5.23. The maximum Gasteiger partial charge on any atom is 0.229 e. The average molecular weight is 326 g/mol. The van der Waals surface area contributed by atoms with Crippen LogP contribution >= 0.6 is 0 Å². The summed E-state index contributed by atoms with van der Waals surface area (Å²) in [7, 11) is 2.18. The summed E-state index contributed by atoms with van der Waals surface area (Å²) in [6.45, 7) is 4.24. The lowest BCUT2D eigenvalue weighted by molar-refractivity contribution is 0.218. The molecular weight excluding hydrogens is 300 g/mol. The van der Waals surface area contributed by atoms with Crippen LogP contribution in [-0.4, -0.2) is 52.7 Å². The van der Waals surface area contributed by atoms with Crippen LogP contribution in [-0.2, 0) is 13.0 Å². The standard InChI is InChI=1S/C19H26N4O/c1-22(14-18-20-19(24-21-18)16-7-8-16)17-10-12-23(13-17)11-9-15-5-3-2-4-6-15/h2-6,16-17H,7-14H2,1H3/t17-/m1/s1. The quantitative estimate of drug-likeness (QED) is 0.783. The van der Waals surface area contributed by atoms with E-state index in [1.54, 1.807) is 0 Å². The summed E-state index contributed by atoms with van der Waals surface area (Å²) in [5.41, 5.74) is 1.42. The van der Waals surface area contributed by atoms with Crippen LogP contribution in [0.4, 0.5) is 0 Å². The highest BCUT2D eigenvalue weighted by molar-refractivity contribution is 5.15. The number of benzene rings is 1. The first-order chi connectivity index (χ1) is 11.8. The molecule has 1 atom stereocenters. The van der Waals surface area contributed by atoms with Gasteiger partial charge in [0, 0.05) is 25.0 Å². The van der Waals surface area contributed by atoms with E-state index in [1.807, 2.05) is 0 Å². The lowest BCUT2D eigenvalue weighted by Gasteiger charge is -2.23. The van der Waals surface area contributed by atoms with E-state index in [4.69, 9.17) is 4.52 Å². The Hall–Kier alpha value is -1.72. The minimum absolute atomic E-state index is 0.538. The molecule has 4 rings (SSSR count). The smallest absolute Gasteiger partial charge is 0.229 e. The average Bonchev–Trinajstić information content (AvgIpc) is 3.17. The van der Waals surface area contributed by atoms with Crippen LogP contribution < -0.4 is 0 Å². The molecule has 0 bridgehead atoms. The van der Waals surface area contributed by atoms with Crippen LogP contribution in [0.5, 0.6) is 0 Å². The van der Waals surface area contributed by atoms with Crippen molar-refractivity contribution in [1.29, 1.82) is 0 Å². The van der Waals surface area contributed by atoms with Crippen LogP contribution in [0.15, 0.2) is 34.9 Å². The normalized spacial score (nSPS) is 21.7. The van der Waals surface area contributed by atoms with Gasteiger partial charge in [-0.15, -0.1) is 0 Å². The minimum Gasteiger partial charge on any atom is -0.339 e. The van der Waals surface area contributed by atoms with Gasteiger partial charge in [-0.2, -0.15) is 4.98 Å². The zero-order valence-corrected chi connectivity index (χ0v) is 14.4. The fourth-order valence-electron chi connectivity index (χ4n) is 3.49. The van der Waals surface area contributed by atoms with Gasteiger partial charge in [0.1, 0.15) is 0 Å². The summed E-state index contributed by atoms with van der Waals surface area (Å²) in [5.74, 6) is 2.22. The molecule has 0 spiro atoms. The SMILES string of the molecule is CN(Cc1noc(C2CC2)n1)[C@@H]1CCN(CCc2ccccc2)C1. The third-order valence-corrected chi connectivity index (χ3v) is 5.23. The molecule has 0 N–H and O–H groups in total. The van der Waals surface area contributed by atoms with Crippen molar-refractivity contribution in [3.63, 3.8) is 0 Å². The van der Waals surface area contributed by atoms with Gasteiger partial charge in [-0.25, -0.2) is 0 Å². The van der Waals surface area contributed by atoms with Crippen molar-refractivity contribution < 1.29 is 4.52 Å². The Morgan fingerprint density at radius 3 is 2.83 bits per heavy atom. The van der Waals surface area contributed by atoms with Crippen molar-refractivity contribution in [3.05, 3.63) is 47.6 Å². The number of aromatic nitrogens is 2. The van der Waals surface area contributed by atoms with Crippen LogP contribution in [0.1, 0.15) is 42.5 Å². The third kappa shape index (κ3) is 3.84. The zero-order valence-electron chi connectivity index (χ0n) is 14.4. The Labute approximate surface area is 143 Å². The molecule has 0 amide bonds. The van der Waals surface area contributed by atoms with E-state index in [9.17, 15) is 0 Å². The van der Waals surface area contributed by atoms with Gasteiger partial charge in [0.15, 0.2) is 5.82 Å². The molecule has 1 aliphatic carbocycles. The molecule has 5 nitrogen and oxygen atoms in total. The summed E-state index contributed by atoms with van der Waals surface area (Å²) in [6, 6.07) is 11.3. The highest BCUT2D eigenvalue weighted by atomic mass is 16.5. The molecule has 2 aromatic rings. The fraction of sp³-hybridized carbons (Fsp3) is 0.579. The van der Waals surface area contributed by atoms with Gasteiger partial charge in [0.2, 0.25) is 5.89 Å². The number of hydrogen-bond donors (Lipinski definition) is 0. The second-order valence-electron chi connectivity index (χ2n) is 7.22. The summed E-state index contributed by atoms with van der Waals surface area (Å²) in [5, 5.41) is 4.14. The van der Waals surface area contributed by atoms with Gasteiger partial charge in [-0.3, -0.25) is 4.90 Å². The van der Waals surface area contributed by atoms with Crippen LogP contribution in [0.25, 0.3) is 0 Å². The summed E-state index contributed by atoms with van der Waals surface area (Å²) in [4.78, 5) is 9.49. The number of nitrogens with zero attached hydrogens (tertiary/aromatic N) is 4. The first kappa shape index (κ1) is 15.8. The van der Waals surface area contributed by atoms with Gasteiger partial charge in [-0.05, 0) is 44.8 Å². The molecule has 1 saturated heterocycles. The minimum atomic E-state index is 0.538. The number of hydrogen-bond acceptors (Lipinski definition) is 5. The van der Waals surface area contributed by atoms with Gasteiger partial charge in [0.05, 0.1) is 6.54 Å². The van der Waals surface area contributed by atoms with Gasteiger partial charge in [-0.1, -0.05) is 35.5 Å². The van der Waals surface area contributed by atoms with Crippen LogP contribution in [0, 0.1) is 0 Å². The topological polar surface area (TPSA) is 45.4 Å². The maximum atomic E-state index is 5.36. The van der Waals surface area contributed by atoms with Crippen molar-refractivity contribution in [2.45, 2.75) is 44.2 Å². The maximum absolute atomic E-state index is 5.36. The molecule has 128 valence electrons. The van der Waals surface area contributed by atoms with E-state index < -0.39 is 0 Å². The molecular formula is C19H26N4O. The fourth-order valence-corrected chi connectivity index (χ4v) is 3.49. The highest BCUT2D eigenvalue weighted by Gasteiger charge is 2.30. The molecule has 24 heavy (non-hydrogen) atoms. The Balaban J connectivity index is 1.24. The molecule has 1 aromatic heterocycles. The monoisotopic (exact) mass is 326 g/mol. The predicted molar refractivity (Wildman–Crippen MR) is 92.7 cm³/mol. The van der Waals surface area contributed by atoms with Crippen LogP contribution in [0.3, 0.4) is 0 Å². The number of likely N-dealkylation sites (N-methyl/N-ethyl adjacent to an activating group) is 1. The Morgan fingerprint density at radius 1 is 1.21 bits per heavy atom. The molecule has 2 fully saturated rings. The van der Waals surface area contributed by atoms with Crippen molar-refractivity contribution >= 4 is 0 Å². The lowest BCUT2D eigenvalue weighted by Crippen LogP contribution is -2.34. The Morgan fingerprint density at radius 2 is 2.04 bits per heavy atom. The van der Waals surface area contributed by atoms with E-state index in [1.165, 1.54) is 31.4 Å². The van der Waals surface area contributed by atoms with Crippen molar-refractivity contribution in [1.82, 2.24) is 19.9 Å². The Bertz CT molecular complexity index is 652. The first-order valence-electron chi connectivity index (χ1n) is 9.07. The molecule has 0 unspecified atom stereocenters. The molecule has 1 saturated carbocycles. The van der Waals surface area contributed by atoms with E-state index in [0.717, 1.165) is 37.8 Å².